The Bertz CT molecular complexity index is 11700. The lowest BCUT2D eigenvalue weighted by atomic mass is 9.73. The minimum absolute atomic E-state index is 1.29. The molecule has 0 atom stereocenters. The lowest BCUT2D eigenvalue weighted by molar-refractivity contribution is 1.79. The highest BCUT2D eigenvalue weighted by Crippen LogP contribution is 2.62. The number of benzene rings is 41. The molecule has 41 rings (SSSR count). The van der Waals surface area contributed by atoms with Crippen LogP contribution in [0.3, 0.4) is 0 Å². The summed E-state index contributed by atoms with van der Waals surface area (Å²) < 4.78 is 0. The summed E-state index contributed by atoms with van der Waals surface area (Å²) in [6, 6.07) is 174. The van der Waals surface area contributed by atoms with Crippen molar-refractivity contribution in [3.8, 4) is 0 Å². The van der Waals surface area contributed by atoms with Gasteiger partial charge in [-0.05, 0) is 459 Å². The highest BCUT2D eigenvalue weighted by Gasteiger charge is 2.33. The van der Waals surface area contributed by atoms with Gasteiger partial charge in [-0.2, -0.15) is 0 Å². The van der Waals surface area contributed by atoms with E-state index in [1.807, 2.05) is 0 Å². The normalized spacial score (nSPS) is 12.9. The van der Waals surface area contributed by atoms with Crippen molar-refractivity contribution in [3.05, 3.63) is 461 Å². The van der Waals surface area contributed by atoms with Crippen molar-refractivity contribution in [2.45, 2.75) is 0 Å². The van der Waals surface area contributed by atoms with Crippen LogP contribution in [-0.4, -0.2) is 0 Å². The Morgan fingerprint density at radius 3 is 0.360 bits per heavy atom. The molecule has 0 N–H and O–H groups in total. The van der Waals surface area contributed by atoms with E-state index in [1.54, 1.807) is 0 Å². The molecule has 0 radical (unpaired) electrons. The SMILES string of the molecule is c1cc2c3cccc4c5cccc6c7cccc8c9cccc%10c%11cccc%12c(c1)c2c1c(c34)c(c56)c(c78)c(c%109)c1c%12%11.c1cc2ccc3c4ccc5cccc6ccc(c7ccc(c1)c2c37)c4c56.c1ccc2c(c1)c1cccc3c4cc5c(cc4c4cccc2c4c13)c1cccc2c3ccccc3c3cccc5c3c21.c1ccc2cc3cc4c(cc3cc2c1)c1cccc2c3cc5cc6ccccc6cc5cc3c3cccc4c3c12. The summed E-state index contributed by atoms with van der Waals surface area (Å²) in [7, 11) is 0. The summed E-state index contributed by atoms with van der Waals surface area (Å²) in [5.74, 6) is 0. The van der Waals surface area contributed by atoms with Crippen LogP contribution in [0, 0.1) is 0 Å². The van der Waals surface area contributed by atoms with Crippen molar-refractivity contribution in [3.63, 3.8) is 0 Å². The van der Waals surface area contributed by atoms with E-state index in [0.717, 1.165) is 0 Å². The van der Waals surface area contributed by atoms with Gasteiger partial charge in [0, 0.05) is 0 Å². The fourth-order valence-corrected chi connectivity index (χ4v) is 30.8. The van der Waals surface area contributed by atoms with Crippen LogP contribution in [0.5, 0.6) is 0 Å². The van der Waals surface area contributed by atoms with Crippen LogP contribution in [0.1, 0.15) is 0 Å². The maximum atomic E-state index is 2.50. The zero-order chi connectivity index (χ0) is 96.5. The summed E-state index contributed by atoms with van der Waals surface area (Å²) in [5.41, 5.74) is 0. The van der Waals surface area contributed by atoms with Gasteiger partial charge >= 0.3 is 0 Å². The molecule has 0 bridgehead atoms. The first-order chi connectivity index (χ1) is 74.5. The second-order valence-electron chi connectivity index (χ2n) is 43.3. The van der Waals surface area contributed by atoms with Crippen molar-refractivity contribution in [2.24, 2.45) is 0 Å². The van der Waals surface area contributed by atoms with Crippen molar-refractivity contribution >= 4 is 399 Å². The predicted octanol–water partition coefficient (Wildman–Crippen LogP) is 43.2. The average Bonchev–Trinajstić information content (AvgIpc) is 0.640. The van der Waals surface area contributed by atoms with E-state index in [0.29, 0.717) is 0 Å². The third-order valence-electron chi connectivity index (χ3n) is 36.6. The van der Waals surface area contributed by atoms with Crippen LogP contribution < -0.4 is 0 Å². The van der Waals surface area contributed by atoms with Crippen molar-refractivity contribution in [1.82, 2.24) is 0 Å². The highest BCUT2D eigenvalue weighted by atomic mass is 14.4. The molecule has 0 heteroatoms. The fraction of sp³-hybridized carbons (Fsp3) is 0. The largest absolute Gasteiger partial charge is 0.0616 e. The smallest absolute Gasteiger partial charge is 0.0000476 e. The summed E-state index contributed by atoms with van der Waals surface area (Å²) in [5, 5.41) is 101. The maximum Gasteiger partial charge on any atom is -0.0000476 e. The van der Waals surface area contributed by atoms with Crippen LogP contribution in [0.4, 0.5) is 0 Å². The minimum atomic E-state index is 1.29. The molecular formula is C150H76. The molecule has 0 aromatic heterocycles. The molecule has 41 aromatic rings. The molecule has 0 aliphatic rings. The van der Waals surface area contributed by atoms with Crippen LogP contribution in [0.15, 0.2) is 461 Å². The second kappa shape index (κ2) is 27.6. The topological polar surface area (TPSA) is 0 Å². The molecule has 0 saturated heterocycles. The number of rotatable bonds is 0. The molecule has 0 amide bonds. The lowest BCUT2D eigenvalue weighted by Gasteiger charge is -2.29. The molecule has 0 unspecified atom stereocenters. The van der Waals surface area contributed by atoms with Gasteiger partial charge in [0.15, 0.2) is 0 Å². The van der Waals surface area contributed by atoms with E-state index < -0.39 is 0 Å². The van der Waals surface area contributed by atoms with E-state index in [4.69, 9.17) is 0 Å². The fourth-order valence-electron chi connectivity index (χ4n) is 30.8. The molecule has 41 aromatic carbocycles. The van der Waals surface area contributed by atoms with Crippen molar-refractivity contribution < 1.29 is 0 Å². The summed E-state index contributed by atoms with van der Waals surface area (Å²) in [4.78, 5) is 0. The minimum Gasteiger partial charge on any atom is -0.0616 e. The van der Waals surface area contributed by atoms with Crippen LogP contribution in [0.25, 0.3) is 399 Å². The van der Waals surface area contributed by atoms with E-state index >= 15 is 0 Å². The van der Waals surface area contributed by atoms with Gasteiger partial charge in [-0.3, -0.25) is 0 Å². The Kier molecular flexibility index (Phi) is 14.3. The summed E-state index contributed by atoms with van der Waals surface area (Å²) in [6.07, 6.45) is 0. The Labute approximate surface area is 853 Å². The summed E-state index contributed by atoms with van der Waals surface area (Å²) >= 11 is 0. The number of fused-ring (bicyclic) bond motifs is 30. The van der Waals surface area contributed by atoms with E-state index in [-0.39, 0.29) is 0 Å². The molecule has 0 nitrogen and oxygen atoms in total. The third-order valence-corrected chi connectivity index (χ3v) is 36.6. The Morgan fingerprint density at radius 2 is 0.173 bits per heavy atom. The molecule has 0 spiro atoms. The van der Waals surface area contributed by atoms with E-state index in [9.17, 15) is 0 Å². The molecule has 0 fully saturated rings. The second-order valence-corrected chi connectivity index (χ2v) is 43.3. The van der Waals surface area contributed by atoms with Crippen molar-refractivity contribution in [1.29, 1.82) is 0 Å². The van der Waals surface area contributed by atoms with Gasteiger partial charge in [0.2, 0.25) is 0 Å². The van der Waals surface area contributed by atoms with E-state index in [2.05, 4.69) is 461 Å². The standard InChI is InChI=1S/C42H18.C42H22.C40H22.C26H14/c1-7-19-21-9-2-11-23-25-13-4-15-27-29-17-6-18-30-28-16-5-14-26-24-12-3-10-22-20(8-1)31(19)37-38(32(21)23)40(34(25)27)42(36(29)30)41(35(26)28)39(37)33(22)24;1-2-10-24-23(9-1)27-13-5-17-31-35-21-37-33-19-7-15-29-25-11-3-4-12-26(25)30-16-8-20-34(42(30)41(29)33)38(37)22-36(35)32-18-6-14-28(24)40(32)39(27)31;1-2-8-24-16-28-20-36-32-12-6-14-34-38-22-30-18-26-10-4-3-9-25(26)17-29(30)21-37(38)33-13-5-11-31(39(33)40(32)34)35(36)19-27(28)15-23(24)7-1;1-3-15-7-11-19-21-13-9-17-5-2-6-18-10-14-22(26(21)24(17)18)20-12-8-16(4-1)23(15)25(19)20/h1-18H;1-22H;1-22H;1-14H. The highest BCUT2D eigenvalue weighted by molar-refractivity contribution is 6.62. The third kappa shape index (κ3) is 9.52. The quantitative estimate of drug-likeness (QED) is 0.105. The summed E-state index contributed by atoms with van der Waals surface area (Å²) in [6.45, 7) is 0. The molecule has 0 saturated carbocycles. The van der Waals surface area contributed by atoms with Crippen LogP contribution in [-0.2, 0) is 0 Å². The molecule has 150 heavy (non-hydrogen) atoms. The molecular weight excluding hydrogens is 1800 g/mol. The van der Waals surface area contributed by atoms with Gasteiger partial charge in [0.05, 0.1) is 0 Å². The first-order valence-corrected chi connectivity index (χ1v) is 52.9. The van der Waals surface area contributed by atoms with Gasteiger partial charge in [-0.25, -0.2) is 0 Å². The Hall–Kier alpha value is -19.5. The first kappa shape index (κ1) is 78.0. The molecule has 0 heterocycles. The average molecular weight is 1880 g/mol. The number of hydrogen-bond acceptors (Lipinski definition) is 0. The van der Waals surface area contributed by atoms with Gasteiger partial charge in [-0.15, -0.1) is 0 Å². The monoisotopic (exact) mass is 1880 g/mol. The van der Waals surface area contributed by atoms with Gasteiger partial charge in [0.25, 0.3) is 0 Å². The Morgan fingerprint density at radius 1 is 0.0533 bits per heavy atom. The maximum absolute atomic E-state index is 2.50. The molecule has 0 aliphatic carbocycles. The van der Waals surface area contributed by atoms with Crippen molar-refractivity contribution in [2.75, 3.05) is 0 Å². The molecule has 0 aliphatic heterocycles. The molecule has 676 valence electrons. The lowest BCUT2D eigenvalue weighted by Crippen LogP contribution is -1.99. The number of hydrogen-bond donors (Lipinski definition) is 0. The van der Waals surface area contributed by atoms with Gasteiger partial charge in [0.1, 0.15) is 0 Å². The van der Waals surface area contributed by atoms with Gasteiger partial charge in [-0.1, -0.05) is 400 Å². The predicted molar refractivity (Wildman–Crippen MR) is 657 cm³/mol. The Balaban J connectivity index is 0.0000000808. The zero-order valence-electron chi connectivity index (χ0n) is 80.9. The first-order valence-electron chi connectivity index (χ1n) is 52.9. The van der Waals surface area contributed by atoms with Crippen LogP contribution in [0.2, 0.25) is 0 Å². The van der Waals surface area contributed by atoms with Crippen LogP contribution >= 0.6 is 0 Å². The van der Waals surface area contributed by atoms with Gasteiger partial charge < -0.3 is 0 Å². The zero-order valence-corrected chi connectivity index (χ0v) is 80.9. The van der Waals surface area contributed by atoms with E-state index in [1.165, 1.54) is 399 Å².